The first-order valence-electron chi connectivity index (χ1n) is 15.0. The fourth-order valence-corrected chi connectivity index (χ4v) is 6.81. The number of nitrogens with one attached hydrogen (secondary N) is 4. The van der Waals surface area contributed by atoms with Crippen LogP contribution in [0.2, 0.25) is 0 Å². The number of aliphatic hydroxyl groups is 1. The molecule has 0 aliphatic carbocycles. The van der Waals surface area contributed by atoms with Crippen LogP contribution in [0, 0.1) is 0 Å². The largest absolute Gasteiger partial charge is 0.490 e. The number of benzene rings is 4. The second kappa shape index (κ2) is 13.2. The molecule has 0 spiro atoms. The Kier molecular flexibility index (Phi) is 8.92. The molecule has 6 rings (SSSR count). The van der Waals surface area contributed by atoms with E-state index in [1.54, 1.807) is 24.3 Å². The predicted octanol–water partition coefficient (Wildman–Crippen LogP) is 5.08. The molecule has 1 atom stereocenters. The van der Waals surface area contributed by atoms with Gasteiger partial charge in [0.05, 0.1) is 10.4 Å². The number of rotatable bonds is 11. The molecule has 234 valence electrons. The molecule has 5 aromatic rings. The van der Waals surface area contributed by atoms with E-state index in [2.05, 4.69) is 31.3 Å². The number of aromatic nitrogens is 1. The monoisotopic (exact) mass is 627 g/mol. The lowest BCUT2D eigenvalue weighted by Gasteiger charge is -2.34. The van der Waals surface area contributed by atoms with Crippen LogP contribution in [0.5, 0.6) is 5.75 Å². The molecule has 1 fully saturated rings. The van der Waals surface area contributed by atoms with E-state index >= 15 is 0 Å². The Bertz CT molecular complexity index is 1880. The summed E-state index contributed by atoms with van der Waals surface area (Å²) < 4.78 is 34.3. The maximum atomic E-state index is 12.8. The van der Waals surface area contributed by atoms with Crippen LogP contribution in [-0.4, -0.2) is 62.8 Å². The first-order valence-corrected chi connectivity index (χ1v) is 16.5. The number of sulfonamides is 1. The Labute approximate surface area is 262 Å². The number of carbonyl (C=O) groups excluding carboxylic acids is 1. The van der Waals surface area contributed by atoms with Crippen LogP contribution >= 0.6 is 0 Å². The number of hydrogen-bond donors (Lipinski definition) is 5. The van der Waals surface area contributed by atoms with Crippen molar-refractivity contribution in [1.82, 2.24) is 10.3 Å². The van der Waals surface area contributed by atoms with E-state index in [0.717, 1.165) is 59.2 Å². The molecule has 11 heteroatoms. The lowest BCUT2D eigenvalue weighted by molar-refractivity contribution is -0.114. The van der Waals surface area contributed by atoms with Gasteiger partial charge in [-0.05, 0) is 79.6 Å². The van der Waals surface area contributed by atoms with Crippen LogP contribution < -0.4 is 25.0 Å². The average Bonchev–Trinajstić information content (AvgIpc) is 3.43. The van der Waals surface area contributed by atoms with E-state index in [4.69, 9.17) is 4.74 Å². The van der Waals surface area contributed by atoms with Gasteiger partial charge in [-0.15, -0.1) is 0 Å². The summed E-state index contributed by atoms with van der Waals surface area (Å²) in [4.78, 5) is 17.0. The van der Waals surface area contributed by atoms with Crippen molar-refractivity contribution >= 4 is 54.8 Å². The van der Waals surface area contributed by atoms with E-state index in [-0.39, 0.29) is 23.5 Å². The second-order valence-corrected chi connectivity index (χ2v) is 13.0. The quantitative estimate of drug-likeness (QED) is 0.138. The van der Waals surface area contributed by atoms with Crippen molar-refractivity contribution in [2.45, 2.75) is 36.8 Å². The van der Waals surface area contributed by atoms with Crippen molar-refractivity contribution in [1.29, 1.82) is 0 Å². The Morgan fingerprint density at radius 3 is 2.36 bits per heavy atom. The molecule has 1 aliphatic heterocycles. The van der Waals surface area contributed by atoms with E-state index in [9.17, 15) is 18.3 Å². The maximum absolute atomic E-state index is 12.8. The van der Waals surface area contributed by atoms with Crippen molar-refractivity contribution < 1.29 is 23.1 Å². The van der Waals surface area contributed by atoms with Gasteiger partial charge in [0.15, 0.2) is 0 Å². The molecule has 1 aliphatic rings. The van der Waals surface area contributed by atoms with Gasteiger partial charge in [0.1, 0.15) is 18.5 Å². The van der Waals surface area contributed by atoms with Crippen LogP contribution in [0.3, 0.4) is 0 Å². The van der Waals surface area contributed by atoms with Crippen LogP contribution in [0.4, 0.5) is 17.1 Å². The number of aromatic amines is 1. The van der Waals surface area contributed by atoms with Gasteiger partial charge >= 0.3 is 0 Å². The zero-order valence-electron chi connectivity index (χ0n) is 25.0. The SMILES string of the molecule is CC(=O)Nc1ccc(S(=O)(=O)Nc2ccc(N3CCC(NC[C@H](O)COc4cccc5[nH]c6ccccc6c45)CC3)cc2)cc1. The molecule has 45 heavy (non-hydrogen) atoms. The summed E-state index contributed by atoms with van der Waals surface area (Å²) in [6, 6.07) is 27.7. The number of aliphatic hydroxyl groups excluding tert-OH is 1. The van der Waals surface area contributed by atoms with Crippen LogP contribution in [0.25, 0.3) is 21.8 Å². The molecule has 0 bridgehead atoms. The van der Waals surface area contributed by atoms with Crippen molar-refractivity contribution in [2.75, 3.05) is 41.2 Å². The highest BCUT2D eigenvalue weighted by molar-refractivity contribution is 7.92. The highest BCUT2D eigenvalue weighted by Gasteiger charge is 2.21. The van der Waals surface area contributed by atoms with E-state index in [0.29, 0.717) is 17.9 Å². The third-order valence-electron chi connectivity index (χ3n) is 8.03. The van der Waals surface area contributed by atoms with Gasteiger partial charge in [0.25, 0.3) is 10.0 Å². The van der Waals surface area contributed by atoms with Gasteiger partial charge in [-0.1, -0.05) is 24.3 Å². The average molecular weight is 628 g/mol. The predicted molar refractivity (Wildman–Crippen MR) is 179 cm³/mol. The van der Waals surface area contributed by atoms with Gasteiger partial charge in [0.2, 0.25) is 5.91 Å². The molecule has 0 saturated carbocycles. The highest BCUT2D eigenvalue weighted by Crippen LogP contribution is 2.33. The van der Waals surface area contributed by atoms with Crippen molar-refractivity contribution in [2.24, 2.45) is 0 Å². The first kappa shape index (κ1) is 30.4. The maximum Gasteiger partial charge on any atom is 0.261 e. The van der Waals surface area contributed by atoms with E-state index in [1.165, 1.54) is 19.1 Å². The molecule has 0 radical (unpaired) electrons. The van der Waals surface area contributed by atoms with Crippen LogP contribution in [-0.2, 0) is 14.8 Å². The highest BCUT2D eigenvalue weighted by atomic mass is 32.2. The van der Waals surface area contributed by atoms with Crippen molar-refractivity contribution in [3.63, 3.8) is 0 Å². The van der Waals surface area contributed by atoms with E-state index < -0.39 is 16.1 Å². The molecule has 1 saturated heterocycles. The zero-order chi connectivity index (χ0) is 31.4. The van der Waals surface area contributed by atoms with Crippen molar-refractivity contribution in [3.05, 3.63) is 91.0 Å². The van der Waals surface area contributed by atoms with Gasteiger partial charge in [-0.3, -0.25) is 9.52 Å². The van der Waals surface area contributed by atoms with Gasteiger partial charge < -0.3 is 30.4 Å². The summed E-state index contributed by atoms with van der Waals surface area (Å²) in [6.45, 7) is 3.73. The van der Waals surface area contributed by atoms with E-state index in [1.807, 2.05) is 48.5 Å². The Balaban J connectivity index is 0.957. The minimum Gasteiger partial charge on any atom is -0.490 e. The molecule has 1 aromatic heterocycles. The van der Waals surface area contributed by atoms with Gasteiger partial charge in [-0.25, -0.2) is 8.42 Å². The van der Waals surface area contributed by atoms with Gasteiger partial charge in [-0.2, -0.15) is 0 Å². The summed E-state index contributed by atoms with van der Waals surface area (Å²) in [7, 11) is -3.77. The topological polar surface area (TPSA) is 136 Å². The lowest BCUT2D eigenvalue weighted by Crippen LogP contribution is -2.45. The van der Waals surface area contributed by atoms with Gasteiger partial charge in [0, 0.05) is 66.0 Å². The Hall–Kier alpha value is -4.58. The number of H-pyrrole nitrogens is 1. The first-order chi connectivity index (χ1) is 21.7. The third-order valence-corrected chi connectivity index (χ3v) is 9.43. The summed E-state index contributed by atoms with van der Waals surface area (Å²) in [5, 5.41) is 18.9. The molecule has 2 heterocycles. The number of carbonyl (C=O) groups is 1. The number of piperidine rings is 1. The Morgan fingerprint density at radius 2 is 1.62 bits per heavy atom. The number of ether oxygens (including phenoxy) is 1. The number of nitrogens with zero attached hydrogens (tertiary/aromatic N) is 1. The fraction of sp³-hybridized carbons (Fsp3) is 0.265. The van der Waals surface area contributed by atoms with Crippen molar-refractivity contribution in [3.8, 4) is 5.75 Å². The number of anilines is 3. The number of hydrogen-bond acceptors (Lipinski definition) is 7. The molecular weight excluding hydrogens is 590 g/mol. The summed E-state index contributed by atoms with van der Waals surface area (Å²) in [5.41, 5.74) is 4.09. The number of fused-ring (bicyclic) bond motifs is 3. The summed E-state index contributed by atoms with van der Waals surface area (Å²) in [5.74, 6) is 0.536. The third kappa shape index (κ3) is 7.22. The minimum atomic E-state index is -3.77. The molecule has 5 N–H and O–H groups in total. The molecule has 10 nitrogen and oxygen atoms in total. The summed E-state index contributed by atoms with van der Waals surface area (Å²) >= 11 is 0. The van der Waals surface area contributed by atoms with Crippen LogP contribution in [0.15, 0.2) is 95.9 Å². The molecule has 1 amide bonds. The normalized spacial score (nSPS) is 14.8. The Morgan fingerprint density at radius 1 is 0.933 bits per heavy atom. The molecule has 4 aromatic carbocycles. The number of para-hydroxylation sites is 1. The standard InChI is InChI=1S/C34H37N5O5S/c1-23(40)36-25-11-15-29(16-12-25)45(42,43)38-26-9-13-27(14-10-26)39-19-17-24(18-20-39)35-21-28(41)22-44-33-8-4-7-32-34(33)30-5-2-3-6-31(30)37-32/h2-16,24,28,35,37-38,41H,17-22H2,1H3,(H,36,40)/t28-/m0/s1. The minimum absolute atomic E-state index is 0.110. The molecule has 0 unspecified atom stereocenters. The lowest BCUT2D eigenvalue weighted by atomic mass is 10.0. The van der Waals surface area contributed by atoms with Crippen LogP contribution in [0.1, 0.15) is 19.8 Å². The second-order valence-electron chi connectivity index (χ2n) is 11.3. The zero-order valence-corrected chi connectivity index (χ0v) is 25.8. The molecular formula is C34H37N5O5S. The fourth-order valence-electron chi connectivity index (χ4n) is 5.75. The number of amides is 1. The smallest absolute Gasteiger partial charge is 0.261 e. The summed E-state index contributed by atoms with van der Waals surface area (Å²) in [6.07, 6.45) is 1.20.